The lowest BCUT2D eigenvalue weighted by Gasteiger charge is -2.15. The van der Waals surface area contributed by atoms with Crippen molar-refractivity contribution in [2.75, 3.05) is 33.2 Å². The molecule has 1 aromatic heterocycles. The van der Waals surface area contributed by atoms with Crippen LogP contribution in [0.1, 0.15) is 5.56 Å². The summed E-state index contributed by atoms with van der Waals surface area (Å²) in [6, 6.07) is 6.72. The number of nitrogens with one attached hydrogen (secondary N) is 2. The van der Waals surface area contributed by atoms with Gasteiger partial charge in [-0.15, -0.1) is 0 Å². The Morgan fingerprint density at radius 1 is 1.04 bits per heavy atom. The Morgan fingerprint density at radius 2 is 1.67 bits per heavy atom. The van der Waals surface area contributed by atoms with E-state index in [-0.39, 0.29) is 6.03 Å². The molecule has 128 valence electrons. The van der Waals surface area contributed by atoms with Gasteiger partial charge in [0.1, 0.15) is 17.2 Å². The van der Waals surface area contributed by atoms with Crippen LogP contribution in [-0.2, 0) is 6.42 Å². The summed E-state index contributed by atoms with van der Waals surface area (Å²) in [6.07, 6.45) is 3.78. The molecule has 0 fully saturated rings. The second-order valence-electron chi connectivity index (χ2n) is 4.88. The molecule has 0 saturated heterocycles. The summed E-state index contributed by atoms with van der Waals surface area (Å²) in [6.45, 7) is 0.427. The number of carbonyl (C=O) groups is 1. The Bertz CT molecular complexity index is 652. The van der Waals surface area contributed by atoms with Crippen molar-refractivity contribution >= 4 is 11.7 Å². The number of amides is 2. The van der Waals surface area contributed by atoms with E-state index in [4.69, 9.17) is 14.2 Å². The monoisotopic (exact) mass is 331 g/mol. The van der Waals surface area contributed by atoms with Gasteiger partial charge in [-0.3, -0.25) is 4.98 Å². The van der Waals surface area contributed by atoms with E-state index in [9.17, 15) is 4.79 Å². The van der Waals surface area contributed by atoms with Gasteiger partial charge in [0.15, 0.2) is 0 Å². The Balaban J connectivity index is 1.97. The minimum Gasteiger partial charge on any atom is -0.496 e. The zero-order chi connectivity index (χ0) is 17.4. The van der Waals surface area contributed by atoms with Gasteiger partial charge in [0, 0.05) is 42.3 Å². The second-order valence-corrected chi connectivity index (χ2v) is 4.88. The highest BCUT2D eigenvalue weighted by Crippen LogP contribution is 2.34. The van der Waals surface area contributed by atoms with Gasteiger partial charge in [-0.1, -0.05) is 0 Å². The molecule has 7 heteroatoms. The van der Waals surface area contributed by atoms with Gasteiger partial charge in [0.05, 0.1) is 21.3 Å². The maximum Gasteiger partial charge on any atom is 0.319 e. The maximum absolute atomic E-state index is 11.9. The summed E-state index contributed by atoms with van der Waals surface area (Å²) in [5.74, 6) is 1.96. The zero-order valence-electron chi connectivity index (χ0n) is 14.0. The fourth-order valence-electron chi connectivity index (χ4n) is 2.24. The van der Waals surface area contributed by atoms with Gasteiger partial charge in [-0.25, -0.2) is 4.79 Å². The SMILES string of the molecule is COc1cc(OC)c(CCNC(=O)Nc2ccncc2)c(OC)c1. The van der Waals surface area contributed by atoms with Gasteiger partial charge >= 0.3 is 6.03 Å². The van der Waals surface area contributed by atoms with Crippen LogP contribution in [0.5, 0.6) is 17.2 Å². The molecule has 2 aromatic rings. The number of aromatic nitrogens is 1. The van der Waals surface area contributed by atoms with Crippen molar-refractivity contribution in [1.82, 2.24) is 10.3 Å². The summed E-state index contributed by atoms with van der Waals surface area (Å²) in [5, 5.41) is 5.53. The molecular formula is C17H21N3O4. The molecule has 0 saturated carbocycles. The normalized spacial score (nSPS) is 9.96. The number of nitrogens with zero attached hydrogens (tertiary/aromatic N) is 1. The Hall–Kier alpha value is -2.96. The highest BCUT2D eigenvalue weighted by molar-refractivity contribution is 5.89. The Kier molecular flexibility index (Phi) is 6.24. The number of carbonyl (C=O) groups excluding carboxylic acids is 1. The second kappa shape index (κ2) is 8.61. The molecule has 0 aliphatic rings. The van der Waals surface area contributed by atoms with Crippen molar-refractivity contribution in [2.24, 2.45) is 0 Å². The van der Waals surface area contributed by atoms with Crippen LogP contribution in [0.2, 0.25) is 0 Å². The van der Waals surface area contributed by atoms with Crippen molar-refractivity contribution < 1.29 is 19.0 Å². The summed E-state index contributed by atoms with van der Waals surface area (Å²) in [5.41, 5.74) is 1.55. The molecule has 0 aliphatic heterocycles. The van der Waals surface area contributed by atoms with Gasteiger partial charge < -0.3 is 24.8 Å². The van der Waals surface area contributed by atoms with Gasteiger partial charge in [-0.05, 0) is 18.6 Å². The summed E-state index contributed by atoms with van der Waals surface area (Å²) in [4.78, 5) is 15.8. The van der Waals surface area contributed by atoms with Crippen LogP contribution in [0.3, 0.4) is 0 Å². The van der Waals surface area contributed by atoms with E-state index in [0.29, 0.717) is 35.9 Å². The number of urea groups is 1. The van der Waals surface area contributed by atoms with E-state index in [1.54, 1.807) is 58.0 Å². The average molecular weight is 331 g/mol. The predicted molar refractivity (Wildman–Crippen MR) is 91.1 cm³/mol. The highest BCUT2D eigenvalue weighted by atomic mass is 16.5. The fourth-order valence-corrected chi connectivity index (χ4v) is 2.24. The standard InChI is InChI=1S/C17H21N3O4/c1-22-13-10-15(23-2)14(16(11-13)24-3)6-9-19-17(21)20-12-4-7-18-8-5-12/h4-5,7-8,10-11H,6,9H2,1-3H3,(H2,18,19,20,21). The number of hydrogen-bond acceptors (Lipinski definition) is 5. The quantitative estimate of drug-likeness (QED) is 0.814. The lowest BCUT2D eigenvalue weighted by atomic mass is 10.1. The summed E-state index contributed by atoms with van der Waals surface area (Å²) < 4.78 is 16.0. The maximum atomic E-state index is 11.9. The minimum atomic E-state index is -0.285. The number of hydrogen-bond donors (Lipinski definition) is 2. The van der Waals surface area contributed by atoms with E-state index in [1.165, 1.54) is 0 Å². The molecule has 7 nitrogen and oxygen atoms in total. The van der Waals surface area contributed by atoms with Crippen LogP contribution in [0.4, 0.5) is 10.5 Å². The van der Waals surface area contributed by atoms with Crippen LogP contribution in [0, 0.1) is 0 Å². The van der Waals surface area contributed by atoms with E-state index >= 15 is 0 Å². The van der Waals surface area contributed by atoms with Crippen LogP contribution in [0.25, 0.3) is 0 Å². The van der Waals surface area contributed by atoms with Crippen molar-refractivity contribution in [2.45, 2.75) is 6.42 Å². The first-order valence-corrected chi connectivity index (χ1v) is 7.41. The molecule has 24 heavy (non-hydrogen) atoms. The summed E-state index contributed by atoms with van der Waals surface area (Å²) >= 11 is 0. The van der Waals surface area contributed by atoms with Crippen LogP contribution in [-0.4, -0.2) is 38.9 Å². The van der Waals surface area contributed by atoms with Gasteiger partial charge in [0.2, 0.25) is 0 Å². The number of methoxy groups -OCH3 is 3. The molecule has 1 heterocycles. The van der Waals surface area contributed by atoms with Crippen molar-refractivity contribution in [3.63, 3.8) is 0 Å². The third-order valence-corrected chi connectivity index (χ3v) is 3.42. The third kappa shape index (κ3) is 4.52. The van der Waals surface area contributed by atoms with E-state index in [2.05, 4.69) is 15.6 Å². The van der Waals surface area contributed by atoms with Crippen LogP contribution >= 0.6 is 0 Å². The molecule has 0 bridgehead atoms. The smallest absolute Gasteiger partial charge is 0.319 e. The molecule has 0 aliphatic carbocycles. The topological polar surface area (TPSA) is 81.7 Å². The van der Waals surface area contributed by atoms with Crippen molar-refractivity contribution in [3.8, 4) is 17.2 Å². The van der Waals surface area contributed by atoms with E-state index in [0.717, 1.165) is 5.56 Å². The van der Waals surface area contributed by atoms with Gasteiger partial charge in [-0.2, -0.15) is 0 Å². The average Bonchev–Trinajstić information content (AvgIpc) is 2.62. The van der Waals surface area contributed by atoms with Gasteiger partial charge in [0.25, 0.3) is 0 Å². The first-order chi connectivity index (χ1) is 11.7. The third-order valence-electron chi connectivity index (χ3n) is 3.42. The van der Waals surface area contributed by atoms with Crippen LogP contribution in [0.15, 0.2) is 36.7 Å². The number of pyridine rings is 1. The number of ether oxygens (including phenoxy) is 3. The molecule has 2 N–H and O–H groups in total. The molecular weight excluding hydrogens is 310 g/mol. The minimum absolute atomic E-state index is 0.285. The van der Waals surface area contributed by atoms with Crippen LogP contribution < -0.4 is 24.8 Å². The Labute approximate surface area is 140 Å². The largest absolute Gasteiger partial charge is 0.496 e. The van der Waals surface area contributed by atoms with Crippen molar-refractivity contribution in [1.29, 1.82) is 0 Å². The molecule has 0 atom stereocenters. The molecule has 0 spiro atoms. The number of rotatable bonds is 7. The lowest BCUT2D eigenvalue weighted by Crippen LogP contribution is -2.30. The first-order valence-electron chi connectivity index (χ1n) is 7.41. The van der Waals surface area contributed by atoms with E-state index in [1.807, 2.05) is 0 Å². The Morgan fingerprint density at radius 3 is 2.21 bits per heavy atom. The van der Waals surface area contributed by atoms with E-state index < -0.39 is 0 Å². The van der Waals surface area contributed by atoms with Crippen molar-refractivity contribution in [3.05, 3.63) is 42.2 Å². The predicted octanol–water partition coefficient (Wildman–Crippen LogP) is 2.47. The number of anilines is 1. The molecule has 1 aromatic carbocycles. The molecule has 2 amide bonds. The lowest BCUT2D eigenvalue weighted by molar-refractivity contribution is 0.252. The zero-order valence-corrected chi connectivity index (χ0v) is 14.0. The summed E-state index contributed by atoms with van der Waals surface area (Å²) in [7, 11) is 4.75. The number of benzene rings is 1. The molecule has 2 rings (SSSR count). The fraction of sp³-hybridized carbons (Fsp3) is 0.294. The molecule has 0 radical (unpaired) electrons. The first kappa shape index (κ1) is 17.4. The molecule has 0 unspecified atom stereocenters. The highest BCUT2D eigenvalue weighted by Gasteiger charge is 2.13.